The predicted molar refractivity (Wildman–Crippen MR) is 125 cm³/mol. The van der Waals surface area contributed by atoms with Gasteiger partial charge in [0, 0.05) is 5.92 Å². The molecular formula is C26H34O6. The van der Waals surface area contributed by atoms with Gasteiger partial charge < -0.3 is 23.7 Å². The lowest BCUT2D eigenvalue weighted by Crippen LogP contribution is -2.51. The maximum Gasteiger partial charge on any atom is 0.341 e. The molecule has 1 aliphatic rings. The number of benzene rings is 1. The van der Waals surface area contributed by atoms with Gasteiger partial charge in [-0.2, -0.15) is 0 Å². The lowest BCUT2D eigenvalue weighted by Gasteiger charge is -2.40. The van der Waals surface area contributed by atoms with Crippen molar-refractivity contribution in [1.82, 2.24) is 0 Å². The smallest absolute Gasteiger partial charge is 0.341 e. The summed E-state index contributed by atoms with van der Waals surface area (Å²) in [5.74, 6) is 0.117. The standard InChI is InChI=1S/C26H34O6/c1-18(2)13-14-31-26(19(3)4)17-30-23-12-11-21(15-24(23)32-26)10-8-9-20(5)22(16-28-6)25(27)29-7/h8-13,15-16,19H,14,17H2,1-7H3/b10-8+,20-9-,22-16+/t26-/m1/s1. The topological polar surface area (TPSA) is 63.2 Å². The van der Waals surface area contributed by atoms with Crippen LogP contribution >= 0.6 is 0 Å². The van der Waals surface area contributed by atoms with Crippen LogP contribution in [0.1, 0.15) is 40.2 Å². The van der Waals surface area contributed by atoms with Crippen LogP contribution in [0.5, 0.6) is 11.5 Å². The highest BCUT2D eigenvalue weighted by atomic mass is 16.7. The van der Waals surface area contributed by atoms with Gasteiger partial charge >= 0.3 is 5.97 Å². The molecule has 1 aromatic rings. The van der Waals surface area contributed by atoms with E-state index in [4.69, 9.17) is 23.7 Å². The second-order valence-corrected chi connectivity index (χ2v) is 8.12. The molecule has 6 nitrogen and oxygen atoms in total. The van der Waals surface area contributed by atoms with Gasteiger partial charge in [-0.15, -0.1) is 0 Å². The first kappa shape index (κ1) is 25.3. The van der Waals surface area contributed by atoms with E-state index in [0.717, 1.165) is 11.1 Å². The van der Waals surface area contributed by atoms with Crippen LogP contribution in [0.25, 0.3) is 6.08 Å². The quantitative estimate of drug-likeness (QED) is 0.166. The Kier molecular flexibility index (Phi) is 9.14. The first-order valence-electron chi connectivity index (χ1n) is 10.6. The Morgan fingerprint density at radius 1 is 1.19 bits per heavy atom. The number of ether oxygens (including phenoxy) is 5. The third-order valence-electron chi connectivity index (χ3n) is 5.08. The summed E-state index contributed by atoms with van der Waals surface area (Å²) in [6, 6.07) is 5.75. The van der Waals surface area contributed by atoms with E-state index in [2.05, 4.69) is 13.8 Å². The number of esters is 1. The minimum absolute atomic E-state index is 0.0929. The second kappa shape index (κ2) is 11.6. The van der Waals surface area contributed by atoms with E-state index in [9.17, 15) is 4.79 Å². The van der Waals surface area contributed by atoms with Gasteiger partial charge in [0.2, 0.25) is 5.79 Å². The Morgan fingerprint density at radius 2 is 1.94 bits per heavy atom. The average molecular weight is 443 g/mol. The molecule has 0 radical (unpaired) electrons. The van der Waals surface area contributed by atoms with E-state index < -0.39 is 11.8 Å². The van der Waals surface area contributed by atoms with Crippen LogP contribution in [0.3, 0.4) is 0 Å². The summed E-state index contributed by atoms with van der Waals surface area (Å²) in [5.41, 5.74) is 3.19. The Balaban J connectivity index is 2.21. The number of methoxy groups -OCH3 is 2. The summed E-state index contributed by atoms with van der Waals surface area (Å²) in [4.78, 5) is 11.9. The molecule has 0 bridgehead atoms. The summed E-state index contributed by atoms with van der Waals surface area (Å²) < 4.78 is 28.2. The number of hydrogen-bond acceptors (Lipinski definition) is 6. The molecule has 1 heterocycles. The summed E-state index contributed by atoms with van der Waals surface area (Å²) in [6.07, 6.45) is 8.99. The SMILES string of the molecule is CO\C=C(C(=O)OC)/C(C)=C\C=C\c1ccc2c(c1)O[C@@](OCC=C(C)C)(C(C)C)CO2. The minimum atomic E-state index is -0.849. The number of rotatable bonds is 9. The van der Waals surface area contributed by atoms with Crippen molar-refractivity contribution in [1.29, 1.82) is 0 Å². The molecule has 1 aromatic carbocycles. The number of carbonyl (C=O) groups excluding carboxylic acids is 1. The summed E-state index contributed by atoms with van der Waals surface area (Å²) >= 11 is 0. The molecule has 32 heavy (non-hydrogen) atoms. The van der Waals surface area contributed by atoms with Gasteiger partial charge in [0.1, 0.15) is 0 Å². The van der Waals surface area contributed by atoms with Crippen LogP contribution in [0.15, 0.2) is 59.4 Å². The van der Waals surface area contributed by atoms with Crippen LogP contribution in [0.2, 0.25) is 0 Å². The highest BCUT2D eigenvalue weighted by Gasteiger charge is 2.42. The molecular weight excluding hydrogens is 408 g/mol. The fourth-order valence-corrected chi connectivity index (χ4v) is 3.02. The first-order chi connectivity index (χ1) is 15.2. The third kappa shape index (κ3) is 6.50. The van der Waals surface area contributed by atoms with Gasteiger partial charge in [-0.3, -0.25) is 0 Å². The van der Waals surface area contributed by atoms with Gasteiger partial charge in [0.15, 0.2) is 18.1 Å². The van der Waals surface area contributed by atoms with Gasteiger partial charge in [-0.25, -0.2) is 4.79 Å². The monoisotopic (exact) mass is 442 g/mol. The minimum Gasteiger partial charge on any atom is -0.503 e. The summed E-state index contributed by atoms with van der Waals surface area (Å²) in [6.45, 7) is 10.8. The van der Waals surface area contributed by atoms with Gasteiger partial charge in [0.25, 0.3) is 0 Å². The van der Waals surface area contributed by atoms with Crippen LogP contribution in [-0.2, 0) is 19.0 Å². The molecule has 1 atom stereocenters. The molecule has 0 saturated heterocycles. The van der Waals surface area contributed by atoms with E-state index >= 15 is 0 Å². The van der Waals surface area contributed by atoms with Crippen molar-refractivity contribution >= 4 is 12.0 Å². The molecule has 1 aliphatic heterocycles. The van der Waals surface area contributed by atoms with Crippen molar-refractivity contribution in [3.8, 4) is 11.5 Å². The highest BCUT2D eigenvalue weighted by molar-refractivity contribution is 5.93. The van der Waals surface area contributed by atoms with Crippen molar-refractivity contribution in [3.63, 3.8) is 0 Å². The van der Waals surface area contributed by atoms with Crippen LogP contribution < -0.4 is 9.47 Å². The number of allylic oxidation sites excluding steroid dienone is 3. The lowest BCUT2D eigenvalue weighted by molar-refractivity contribution is -0.231. The van der Waals surface area contributed by atoms with Crippen LogP contribution in [0, 0.1) is 5.92 Å². The Labute approximate surface area is 191 Å². The largest absolute Gasteiger partial charge is 0.503 e. The molecule has 2 rings (SSSR count). The van der Waals surface area contributed by atoms with Crippen molar-refractivity contribution in [2.45, 2.75) is 40.4 Å². The fraction of sp³-hybridized carbons (Fsp3) is 0.423. The van der Waals surface area contributed by atoms with Crippen molar-refractivity contribution < 1.29 is 28.5 Å². The van der Waals surface area contributed by atoms with Crippen molar-refractivity contribution in [3.05, 3.63) is 65.0 Å². The maximum absolute atomic E-state index is 11.9. The van der Waals surface area contributed by atoms with Gasteiger partial charge in [-0.05, 0) is 44.0 Å². The van der Waals surface area contributed by atoms with E-state index in [0.29, 0.717) is 30.3 Å². The van der Waals surface area contributed by atoms with Gasteiger partial charge in [0.05, 0.1) is 32.7 Å². The molecule has 0 N–H and O–H groups in total. The maximum atomic E-state index is 11.9. The van der Waals surface area contributed by atoms with E-state index in [1.54, 1.807) is 0 Å². The normalized spacial score (nSPS) is 18.6. The average Bonchev–Trinajstić information content (AvgIpc) is 2.76. The molecule has 0 spiro atoms. The van der Waals surface area contributed by atoms with Crippen molar-refractivity contribution in [2.75, 3.05) is 27.4 Å². The number of fused-ring (bicyclic) bond motifs is 1. The first-order valence-corrected chi connectivity index (χ1v) is 10.6. The van der Waals surface area contributed by atoms with E-state index in [1.165, 1.54) is 26.1 Å². The molecule has 0 aliphatic carbocycles. The second-order valence-electron chi connectivity index (χ2n) is 8.12. The van der Waals surface area contributed by atoms with E-state index in [-0.39, 0.29) is 5.92 Å². The molecule has 174 valence electrons. The zero-order valence-electron chi connectivity index (χ0n) is 20.1. The molecule has 0 saturated carbocycles. The molecule has 0 aromatic heterocycles. The summed E-state index contributed by atoms with van der Waals surface area (Å²) in [5, 5.41) is 0. The lowest BCUT2D eigenvalue weighted by atomic mass is 10.0. The zero-order chi connectivity index (χ0) is 23.7. The van der Waals surface area contributed by atoms with Crippen LogP contribution in [0.4, 0.5) is 0 Å². The number of carbonyl (C=O) groups is 1. The Morgan fingerprint density at radius 3 is 2.56 bits per heavy atom. The third-order valence-corrected chi connectivity index (χ3v) is 5.08. The molecule has 6 heteroatoms. The fourth-order valence-electron chi connectivity index (χ4n) is 3.02. The van der Waals surface area contributed by atoms with Crippen LogP contribution in [-0.4, -0.2) is 39.2 Å². The Hall–Kier alpha value is -2.99. The highest BCUT2D eigenvalue weighted by Crippen LogP contribution is 2.39. The predicted octanol–water partition coefficient (Wildman–Crippen LogP) is 5.46. The molecule has 0 amide bonds. The van der Waals surface area contributed by atoms with E-state index in [1.807, 2.05) is 63.3 Å². The molecule has 0 fully saturated rings. The zero-order valence-corrected chi connectivity index (χ0v) is 20.1. The summed E-state index contributed by atoms with van der Waals surface area (Å²) in [7, 11) is 2.83. The molecule has 0 unspecified atom stereocenters. The van der Waals surface area contributed by atoms with Gasteiger partial charge in [-0.1, -0.05) is 49.8 Å². The van der Waals surface area contributed by atoms with Crippen molar-refractivity contribution in [2.24, 2.45) is 5.92 Å². The Bertz CT molecular complexity index is 918. The number of hydrogen-bond donors (Lipinski definition) is 0.